The maximum Gasteiger partial charge on any atom is 0.137 e. The second-order valence-electron chi connectivity index (χ2n) is 2.58. The van der Waals surface area contributed by atoms with Gasteiger partial charge in [0, 0.05) is 13.1 Å². The third-order valence-corrected chi connectivity index (χ3v) is 1.88. The van der Waals surface area contributed by atoms with Gasteiger partial charge in [-0.1, -0.05) is 0 Å². The highest BCUT2D eigenvalue weighted by atomic mass is 35.5. The highest BCUT2D eigenvalue weighted by molar-refractivity contribution is 5.85. The van der Waals surface area contributed by atoms with Gasteiger partial charge in [0.25, 0.3) is 0 Å². The largest absolute Gasteiger partial charge is 0.495 e. The Morgan fingerprint density at radius 3 is 2.85 bits per heavy atom. The van der Waals surface area contributed by atoms with Gasteiger partial charge in [0.2, 0.25) is 0 Å². The number of fused-ring (bicyclic) bond motifs is 1. The molecule has 1 aliphatic rings. The van der Waals surface area contributed by atoms with Gasteiger partial charge >= 0.3 is 0 Å². The lowest BCUT2D eigenvalue weighted by atomic mass is 10.2. The predicted molar refractivity (Wildman–Crippen MR) is 55.8 cm³/mol. The molecule has 0 amide bonds. The van der Waals surface area contributed by atoms with Crippen molar-refractivity contribution in [3.05, 3.63) is 23.5 Å². The molecule has 0 saturated carbocycles. The Morgan fingerprint density at radius 2 is 2.15 bits per heavy atom. The molecule has 2 rings (SSSR count). The minimum atomic E-state index is 0. The first kappa shape index (κ1) is 12.5. The predicted octanol–water partition coefficient (Wildman–Crippen LogP) is 1.54. The molecule has 1 N–H and O–H groups in total. The third-order valence-electron chi connectivity index (χ3n) is 1.88. The highest BCUT2D eigenvalue weighted by Gasteiger charge is 2.11. The number of methoxy groups -OCH3 is 1. The first-order chi connectivity index (χ1) is 5.40. The van der Waals surface area contributed by atoms with E-state index in [1.165, 1.54) is 5.56 Å². The van der Waals surface area contributed by atoms with Gasteiger partial charge in [-0.15, -0.1) is 24.8 Å². The second-order valence-corrected chi connectivity index (χ2v) is 2.58. The van der Waals surface area contributed by atoms with Crippen LogP contribution in [0.15, 0.2) is 12.3 Å². The Kier molecular flexibility index (Phi) is 5.06. The molecular formula is C8H12Cl2N2O. The van der Waals surface area contributed by atoms with Gasteiger partial charge in [-0.2, -0.15) is 0 Å². The zero-order valence-corrected chi connectivity index (χ0v) is 8.87. The first-order valence-corrected chi connectivity index (χ1v) is 3.62. The average Bonchev–Trinajstić information content (AvgIpc) is 2.50. The molecule has 74 valence electrons. The maximum atomic E-state index is 5.05. The number of pyridine rings is 1. The molecule has 0 bridgehead atoms. The van der Waals surface area contributed by atoms with Crippen LogP contribution in [-0.2, 0) is 13.1 Å². The zero-order chi connectivity index (χ0) is 7.68. The summed E-state index contributed by atoms with van der Waals surface area (Å²) in [4.78, 5) is 4.24. The number of nitrogens with one attached hydrogen (secondary N) is 1. The van der Waals surface area contributed by atoms with Crippen LogP contribution in [0.5, 0.6) is 5.75 Å². The summed E-state index contributed by atoms with van der Waals surface area (Å²) in [7, 11) is 1.66. The molecule has 1 aromatic heterocycles. The molecule has 13 heavy (non-hydrogen) atoms. The van der Waals surface area contributed by atoms with E-state index < -0.39 is 0 Å². The van der Waals surface area contributed by atoms with Crippen LogP contribution in [0.25, 0.3) is 0 Å². The number of aromatic nitrogens is 1. The molecule has 0 spiro atoms. The average molecular weight is 223 g/mol. The van der Waals surface area contributed by atoms with Crippen LogP contribution in [-0.4, -0.2) is 12.1 Å². The number of ether oxygens (including phenoxy) is 1. The van der Waals surface area contributed by atoms with E-state index in [0.29, 0.717) is 0 Å². The van der Waals surface area contributed by atoms with Gasteiger partial charge in [0.1, 0.15) is 5.75 Å². The lowest BCUT2D eigenvalue weighted by Gasteiger charge is -2.00. The summed E-state index contributed by atoms with van der Waals surface area (Å²) in [6.07, 6.45) is 1.76. The third kappa shape index (κ3) is 2.46. The molecule has 2 heterocycles. The fraction of sp³-hybridized carbons (Fsp3) is 0.375. The van der Waals surface area contributed by atoms with Crippen molar-refractivity contribution in [3.8, 4) is 5.75 Å². The van der Waals surface area contributed by atoms with E-state index in [1.807, 2.05) is 6.07 Å². The van der Waals surface area contributed by atoms with E-state index in [1.54, 1.807) is 13.3 Å². The summed E-state index contributed by atoms with van der Waals surface area (Å²) in [5.74, 6) is 0.840. The van der Waals surface area contributed by atoms with Gasteiger partial charge in [0.05, 0.1) is 19.0 Å². The van der Waals surface area contributed by atoms with E-state index in [2.05, 4.69) is 10.3 Å². The van der Waals surface area contributed by atoms with Crippen LogP contribution < -0.4 is 10.1 Å². The summed E-state index contributed by atoms with van der Waals surface area (Å²) in [5, 5.41) is 3.22. The quantitative estimate of drug-likeness (QED) is 0.784. The summed E-state index contributed by atoms with van der Waals surface area (Å²) in [6, 6.07) is 2.03. The highest BCUT2D eigenvalue weighted by Crippen LogP contribution is 2.17. The van der Waals surface area contributed by atoms with E-state index in [-0.39, 0.29) is 24.8 Å². The topological polar surface area (TPSA) is 34.1 Å². The Hall–Kier alpha value is -0.510. The molecule has 1 aromatic rings. The lowest BCUT2D eigenvalue weighted by Crippen LogP contribution is -2.00. The minimum Gasteiger partial charge on any atom is -0.495 e. The first-order valence-electron chi connectivity index (χ1n) is 3.62. The SMILES string of the molecule is COc1cnc2c(c1)CNC2.Cl.Cl. The van der Waals surface area contributed by atoms with Gasteiger partial charge in [0.15, 0.2) is 0 Å². The fourth-order valence-electron chi connectivity index (χ4n) is 1.26. The normalized spacial score (nSPS) is 12.4. The second kappa shape index (κ2) is 5.27. The molecular weight excluding hydrogens is 211 g/mol. The fourth-order valence-corrected chi connectivity index (χ4v) is 1.26. The van der Waals surface area contributed by atoms with Crippen molar-refractivity contribution in [2.45, 2.75) is 13.1 Å². The van der Waals surface area contributed by atoms with Gasteiger partial charge in [-0.05, 0) is 11.6 Å². The maximum absolute atomic E-state index is 5.05. The number of hydrogen-bond donors (Lipinski definition) is 1. The van der Waals surface area contributed by atoms with Crippen LogP contribution in [0.1, 0.15) is 11.3 Å². The Morgan fingerprint density at radius 1 is 1.38 bits per heavy atom. The van der Waals surface area contributed by atoms with Crippen LogP contribution in [0.4, 0.5) is 0 Å². The smallest absolute Gasteiger partial charge is 0.137 e. The number of hydrogen-bond acceptors (Lipinski definition) is 3. The van der Waals surface area contributed by atoms with Crippen LogP contribution in [0.2, 0.25) is 0 Å². The van der Waals surface area contributed by atoms with Crippen LogP contribution in [0, 0.1) is 0 Å². The number of nitrogens with zero attached hydrogens (tertiary/aromatic N) is 1. The Bertz CT molecular complexity index is 281. The standard InChI is InChI=1S/C8H10N2O.2ClH/c1-11-7-2-6-3-9-5-8(6)10-4-7;;/h2,4,9H,3,5H2,1H3;2*1H. The Labute approximate surface area is 89.7 Å². The molecule has 0 unspecified atom stereocenters. The van der Waals surface area contributed by atoms with Crippen molar-refractivity contribution in [3.63, 3.8) is 0 Å². The summed E-state index contributed by atoms with van der Waals surface area (Å²) < 4.78 is 5.05. The number of rotatable bonds is 1. The zero-order valence-electron chi connectivity index (χ0n) is 7.24. The van der Waals surface area contributed by atoms with E-state index in [9.17, 15) is 0 Å². The minimum absolute atomic E-state index is 0. The summed E-state index contributed by atoms with van der Waals surface area (Å²) >= 11 is 0. The molecule has 0 aromatic carbocycles. The van der Waals surface area contributed by atoms with Crippen LogP contribution in [0.3, 0.4) is 0 Å². The summed E-state index contributed by atoms with van der Waals surface area (Å²) in [5.41, 5.74) is 2.40. The molecule has 1 aliphatic heterocycles. The van der Waals surface area contributed by atoms with E-state index in [4.69, 9.17) is 4.74 Å². The molecule has 0 fully saturated rings. The van der Waals surface area contributed by atoms with Crippen molar-refractivity contribution in [1.29, 1.82) is 0 Å². The van der Waals surface area contributed by atoms with Gasteiger partial charge < -0.3 is 10.1 Å². The van der Waals surface area contributed by atoms with Crippen molar-refractivity contribution >= 4 is 24.8 Å². The molecule has 0 aliphatic carbocycles. The summed E-state index contributed by atoms with van der Waals surface area (Å²) in [6.45, 7) is 1.80. The lowest BCUT2D eigenvalue weighted by molar-refractivity contribution is 0.412. The molecule has 0 radical (unpaired) electrons. The molecule has 3 nitrogen and oxygen atoms in total. The molecule has 0 saturated heterocycles. The van der Waals surface area contributed by atoms with Gasteiger partial charge in [-0.3, -0.25) is 4.98 Å². The van der Waals surface area contributed by atoms with Gasteiger partial charge in [-0.25, -0.2) is 0 Å². The monoisotopic (exact) mass is 222 g/mol. The van der Waals surface area contributed by atoms with Crippen molar-refractivity contribution in [2.75, 3.05) is 7.11 Å². The molecule has 0 atom stereocenters. The Balaban J connectivity index is 0.000000720. The molecule has 5 heteroatoms. The van der Waals surface area contributed by atoms with Crippen molar-refractivity contribution in [2.24, 2.45) is 0 Å². The van der Waals surface area contributed by atoms with E-state index >= 15 is 0 Å². The van der Waals surface area contributed by atoms with E-state index in [0.717, 1.165) is 24.5 Å². The number of halogens is 2. The van der Waals surface area contributed by atoms with Crippen LogP contribution >= 0.6 is 24.8 Å². The van der Waals surface area contributed by atoms with Crippen molar-refractivity contribution in [1.82, 2.24) is 10.3 Å². The van der Waals surface area contributed by atoms with Crippen molar-refractivity contribution < 1.29 is 4.74 Å².